The Balaban J connectivity index is 2.12. The number of hydrogen-bond acceptors (Lipinski definition) is 2. The molecule has 1 aromatic carbocycles. The quantitative estimate of drug-likeness (QED) is 0.872. The van der Waals surface area contributed by atoms with Gasteiger partial charge in [-0.1, -0.05) is 13.0 Å². The molecule has 1 unspecified atom stereocenters. The number of methoxy groups -OCH3 is 1. The van der Waals surface area contributed by atoms with Crippen LogP contribution >= 0.6 is 0 Å². The first-order chi connectivity index (χ1) is 8.22. The van der Waals surface area contributed by atoms with E-state index in [0.29, 0.717) is 17.6 Å². The molecule has 0 saturated carbocycles. The van der Waals surface area contributed by atoms with Gasteiger partial charge in [-0.15, -0.1) is 0 Å². The van der Waals surface area contributed by atoms with Gasteiger partial charge in [0, 0.05) is 0 Å². The van der Waals surface area contributed by atoms with Crippen LogP contribution in [0.2, 0.25) is 0 Å². The SMILES string of the molecule is COc1ccc(C(C)C2CCNCC2)cc1F. The van der Waals surface area contributed by atoms with Crippen molar-refractivity contribution in [2.75, 3.05) is 20.2 Å². The molecule has 0 spiro atoms. The Hall–Kier alpha value is -1.09. The molecule has 94 valence electrons. The van der Waals surface area contributed by atoms with Gasteiger partial charge in [0.25, 0.3) is 0 Å². The zero-order chi connectivity index (χ0) is 12.3. The van der Waals surface area contributed by atoms with Crippen LogP contribution in [0.25, 0.3) is 0 Å². The highest BCUT2D eigenvalue weighted by atomic mass is 19.1. The number of rotatable bonds is 3. The minimum absolute atomic E-state index is 0.259. The molecular formula is C14H20FNO. The van der Waals surface area contributed by atoms with Gasteiger partial charge in [0.2, 0.25) is 0 Å². The Kier molecular flexibility index (Phi) is 4.00. The van der Waals surface area contributed by atoms with Crippen molar-refractivity contribution in [2.24, 2.45) is 5.92 Å². The van der Waals surface area contributed by atoms with Crippen molar-refractivity contribution in [3.8, 4) is 5.75 Å². The summed E-state index contributed by atoms with van der Waals surface area (Å²) in [4.78, 5) is 0. The van der Waals surface area contributed by atoms with Crippen molar-refractivity contribution >= 4 is 0 Å². The Morgan fingerprint density at radius 3 is 2.65 bits per heavy atom. The van der Waals surface area contributed by atoms with Crippen LogP contribution in [0, 0.1) is 11.7 Å². The highest BCUT2D eigenvalue weighted by Crippen LogP contribution is 2.32. The van der Waals surface area contributed by atoms with Crippen LogP contribution in [0.15, 0.2) is 18.2 Å². The van der Waals surface area contributed by atoms with Gasteiger partial charge in [-0.2, -0.15) is 0 Å². The molecule has 1 atom stereocenters. The van der Waals surface area contributed by atoms with Crippen LogP contribution in [0.1, 0.15) is 31.2 Å². The van der Waals surface area contributed by atoms with Crippen LogP contribution in [-0.4, -0.2) is 20.2 Å². The molecule has 1 fully saturated rings. The lowest BCUT2D eigenvalue weighted by atomic mass is 9.82. The van der Waals surface area contributed by atoms with Crippen LogP contribution in [-0.2, 0) is 0 Å². The van der Waals surface area contributed by atoms with Gasteiger partial charge in [0.1, 0.15) is 0 Å². The highest BCUT2D eigenvalue weighted by Gasteiger charge is 2.21. The Morgan fingerprint density at radius 1 is 1.35 bits per heavy atom. The van der Waals surface area contributed by atoms with E-state index in [-0.39, 0.29) is 5.82 Å². The Bertz CT molecular complexity index is 374. The summed E-state index contributed by atoms with van der Waals surface area (Å²) in [5.41, 5.74) is 1.08. The second-order valence-electron chi connectivity index (χ2n) is 4.77. The fraction of sp³-hybridized carbons (Fsp3) is 0.571. The molecule has 17 heavy (non-hydrogen) atoms. The first-order valence-electron chi connectivity index (χ1n) is 6.26. The molecule has 1 saturated heterocycles. The van der Waals surface area contributed by atoms with Crippen LogP contribution in [0.3, 0.4) is 0 Å². The van der Waals surface area contributed by atoms with E-state index < -0.39 is 0 Å². The molecule has 2 rings (SSSR count). The van der Waals surface area contributed by atoms with Crippen molar-refractivity contribution in [2.45, 2.75) is 25.7 Å². The zero-order valence-electron chi connectivity index (χ0n) is 10.5. The van der Waals surface area contributed by atoms with E-state index in [1.54, 1.807) is 12.1 Å². The summed E-state index contributed by atoms with van der Waals surface area (Å²) in [5.74, 6) is 1.14. The largest absolute Gasteiger partial charge is 0.494 e. The average Bonchev–Trinajstić information content (AvgIpc) is 2.39. The summed E-state index contributed by atoms with van der Waals surface area (Å²) >= 11 is 0. The van der Waals surface area contributed by atoms with Gasteiger partial charge in [-0.05, 0) is 55.5 Å². The molecule has 1 N–H and O–H groups in total. The molecule has 1 aliphatic heterocycles. The van der Waals surface area contributed by atoms with Crippen molar-refractivity contribution in [1.82, 2.24) is 5.32 Å². The van der Waals surface area contributed by atoms with Crippen LogP contribution in [0.4, 0.5) is 4.39 Å². The Morgan fingerprint density at radius 2 is 2.06 bits per heavy atom. The lowest BCUT2D eigenvalue weighted by Gasteiger charge is -2.28. The molecule has 1 aliphatic rings. The first-order valence-corrected chi connectivity index (χ1v) is 6.26. The predicted molar refractivity (Wildman–Crippen MR) is 67.0 cm³/mol. The summed E-state index contributed by atoms with van der Waals surface area (Å²) < 4.78 is 18.6. The third-order valence-electron chi connectivity index (χ3n) is 3.79. The monoisotopic (exact) mass is 237 g/mol. The fourth-order valence-corrected chi connectivity index (χ4v) is 2.58. The number of nitrogens with one attached hydrogen (secondary N) is 1. The number of ether oxygens (including phenoxy) is 1. The average molecular weight is 237 g/mol. The predicted octanol–water partition coefficient (Wildman–Crippen LogP) is 2.94. The molecule has 2 nitrogen and oxygen atoms in total. The summed E-state index contributed by atoms with van der Waals surface area (Å²) in [7, 11) is 1.49. The molecular weight excluding hydrogens is 217 g/mol. The lowest BCUT2D eigenvalue weighted by molar-refractivity contribution is 0.329. The maximum Gasteiger partial charge on any atom is 0.165 e. The van der Waals surface area contributed by atoms with Gasteiger partial charge in [0.05, 0.1) is 7.11 Å². The van der Waals surface area contributed by atoms with E-state index >= 15 is 0 Å². The molecule has 0 amide bonds. The van der Waals surface area contributed by atoms with Gasteiger partial charge in [0.15, 0.2) is 11.6 Å². The molecule has 1 aromatic rings. The number of halogens is 1. The van der Waals surface area contributed by atoms with E-state index in [9.17, 15) is 4.39 Å². The first kappa shape index (κ1) is 12.4. The molecule has 0 aromatic heterocycles. The van der Waals surface area contributed by atoms with E-state index in [4.69, 9.17) is 4.74 Å². The maximum atomic E-state index is 13.6. The standard InChI is InChI=1S/C14H20FNO/c1-10(11-5-7-16-8-6-11)12-3-4-14(17-2)13(15)9-12/h3-4,9-11,16H,5-8H2,1-2H3. The summed E-state index contributed by atoms with van der Waals surface area (Å²) in [6, 6.07) is 5.32. The van der Waals surface area contributed by atoms with Crippen molar-refractivity contribution in [3.63, 3.8) is 0 Å². The summed E-state index contributed by atoms with van der Waals surface area (Å²) in [6.07, 6.45) is 2.35. The molecule has 0 aliphatic carbocycles. The third-order valence-corrected chi connectivity index (χ3v) is 3.79. The minimum Gasteiger partial charge on any atom is -0.494 e. The van der Waals surface area contributed by atoms with E-state index in [0.717, 1.165) is 18.7 Å². The van der Waals surface area contributed by atoms with Crippen molar-refractivity contribution in [3.05, 3.63) is 29.6 Å². The van der Waals surface area contributed by atoms with Crippen molar-refractivity contribution in [1.29, 1.82) is 0 Å². The van der Waals surface area contributed by atoms with Crippen LogP contribution in [0.5, 0.6) is 5.75 Å². The molecule has 0 radical (unpaired) electrons. The fourth-order valence-electron chi connectivity index (χ4n) is 2.58. The summed E-state index contributed by atoms with van der Waals surface area (Å²) in [6.45, 7) is 4.35. The van der Waals surface area contributed by atoms with Crippen LogP contribution < -0.4 is 10.1 Å². The zero-order valence-corrected chi connectivity index (χ0v) is 10.5. The molecule has 0 bridgehead atoms. The maximum absolute atomic E-state index is 13.6. The topological polar surface area (TPSA) is 21.3 Å². The van der Waals surface area contributed by atoms with Gasteiger partial charge >= 0.3 is 0 Å². The van der Waals surface area contributed by atoms with E-state index in [1.807, 2.05) is 6.07 Å². The van der Waals surface area contributed by atoms with Crippen molar-refractivity contribution < 1.29 is 9.13 Å². The highest BCUT2D eigenvalue weighted by molar-refractivity contribution is 5.31. The second kappa shape index (κ2) is 5.50. The lowest BCUT2D eigenvalue weighted by Crippen LogP contribution is -2.30. The molecule has 1 heterocycles. The minimum atomic E-state index is -0.259. The van der Waals surface area contributed by atoms with E-state index in [2.05, 4.69) is 12.2 Å². The number of hydrogen-bond donors (Lipinski definition) is 1. The second-order valence-corrected chi connectivity index (χ2v) is 4.77. The van der Waals surface area contributed by atoms with E-state index in [1.165, 1.54) is 20.0 Å². The van der Waals surface area contributed by atoms with Gasteiger partial charge in [-0.25, -0.2) is 4.39 Å². The number of benzene rings is 1. The smallest absolute Gasteiger partial charge is 0.165 e. The van der Waals surface area contributed by atoms with Gasteiger partial charge in [-0.3, -0.25) is 0 Å². The normalized spacial score (nSPS) is 19.0. The Labute approximate surface area is 102 Å². The molecule has 3 heteroatoms. The summed E-state index contributed by atoms with van der Waals surface area (Å²) in [5, 5.41) is 3.36. The van der Waals surface area contributed by atoms with Gasteiger partial charge < -0.3 is 10.1 Å². The number of piperidine rings is 1. The third kappa shape index (κ3) is 2.78.